The van der Waals surface area contributed by atoms with Gasteiger partial charge in [-0.3, -0.25) is 0 Å². The summed E-state index contributed by atoms with van der Waals surface area (Å²) in [7, 11) is 4.02. The van der Waals surface area contributed by atoms with Gasteiger partial charge in [-0.2, -0.15) is 0 Å². The fraction of sp³-hybridized carbons (Fsp3) is 0.154. The third-order valence-corrected chi connectivity index (χ3v) is 2.77. The van der Waals surface area contributed by atoms with Gasteiger partial charge in [0.05, 0.1) is 0 Å². The second-order valence-electron chi connectivity index (χ2n) is 4.23. The number of aromatic amines is 1. The lowest BCUT2D eigenvalue weighted by Gasteiger charge is -2.15. The summed E-state index contributed by atoms with van der Waals surface area (Å²) in [6.45, 7) is 0. The van der Waals surface area contributed by atoms with Crippen LogP contribution in [0.4, 0.5) is 5.69 Å². The van der Waals surface area contributed by atoms with Crippen molar-refractivity contribution in [2.24, 2.45) is 0 Å². The van der Waals surface area contributed by atoms with Crippen molar-refractivity contribution in [3.05, 3.63) is 36.7 Å². The van der Waals surface area contributed by atoms with E-state index in [-0.39, 0.29) is 0 Å². The summed E-state index contributed by atoms with van der Waals surface area (Å²) < 4.78 is 0. The molecule has 0 spiro atoms. The molecule has 0 unspecified atom stereocenters. The van der Waals surface area contributed by atoms with E-state index in [1.165, 1.54) is 0 Å². The van der Waals surface area contributed by atoms with Gasteiger partial charge in [-0.05, 0) is 12.1 Å². The summed E-state index contributed by atoms with van der Waals surface area (Å²) in [6, 6.07) is 8.10. The van der Waals surface area contributed by atoms with Crippen LogP contribution in [0.15, 0.2) is 36.7 Å². The molecule has 0 saturated carbocycles. The number of rotatable bonds is 2. The highest BCUT2D eigenvalue weighted by molar-refractivity contribution is 5.79. The number of imidazole rings is 1. The van der Waals surface area contributed by atoms with Crippen LogP contribution in [0.1, 0.15) is 0 Å². The van der Waals surface area contributed by atoms with Gasteiger partial charge in [0.15, 0.2) is 11.3 Å². The van der Waals surface area contributed by atoms with Gasteiger partial charge in [-0.25, -0.2) is 15.0 Å². The monoisotopic (exact) mass is 239 g/mol. The molecule has 0 amide bonds. The van der Waals surface area contributed by atoms with Crippen LogP contribution < -0.4 is 4.90 Å². The molecule has 90 valence electrons. The molecular formula is C13H13N5. The number of fused-ring (bicyclic) bond motifs is 1. The van der Waals surface area contributed by atoms with E-state index in [0.717, 1.165) is 17.1 Å². The maximum Gasteiger partial charge on any atom is 0.197 e. The van der Waals surface area contributed by atoms with E-state index in [1.54, 1.807) is 12.4 Å². The Balaban J connectivity index is 2.20. The fourth-order valence-corrected chi connectivity index (χ4v) is 1.94. The predicted molar refractivity (Wildman–Crippen MR) is 71.4 cm³/mol. The largest absolute Gasteiger partial charge is 0.377 e. The summed E-state index contributed by atoms with van der Waals surface area (Å²) in [4.78, 5) is 18.1. The number of hydrogen-bond donors (Lipinski definition) is 1. The van der Waals surface area contributed by atoms with Crippen LogP contribution in [0.5, 0.6) is 0 Å². The molecule has 3 rings (SSSR count). The van der Waals surface area contributed by atoms with Gasteiger partial charge in [0, 0.05) is 37.7 Å². The second-order valence-corrected chi connectivity index (χ2v) is 4.23. The smallest absolute Gasteiger partial charge is 0.197 e. The molecule has 0 saturated heterocycles. The van der Waals surface area contributed by atoms with Crippen LogP contribution >= 0.6 is 0 Å². The third kappa shape index (κ3) is 1.69. The van der Waals surface area contributed by atoms with Crippen molar-refractivity contribution in [2.75, 3.05) is 19.0 Å². The third-order valence-electron chi connectivity index (χ3n) is 2.77. The summed E-state index contributed by atoms with van der Waals surface area (Å²) in [6.07, 6.45) is 3.30. The lowest BCUT2D eigenvalue weighted by atomic mass is 10.1. The van der Waals surface area contributed by atoms with Crippen LogP contribution in [-0.2, 0) is 0 Å². The normalized spacial score (nSPS) is 10.8. The van der Waals surface area contributed by atoms with E-state index < -0.39 is 0 Å². The Bertz CT molecular complexity index is 653. The molecule has 0 aliphatic carbocycles. The molecule has 5 heteroatoms. The number of aromatic nitrogens is 4. The van der Waals surface area contributed by atoms with Gasteiger partial charge in [-0.15, -0.1) is 0 Å². The molecule has 0 atom stereocenters. The first-order valence-electron chi connectivity index (χ1n) is 5.69. The van der Waals surface area contributed by atoms with Gasteiger partial charge >= 0.3 is 0 Å². The summed E-state index contributed by atoms with van der Waals surface area (Å²) in [5.74, 6) is 0.792. The van der Waals surface area contributed by atoms with E-state index in [1.807, 2.05) is 32.3 Å². The minimum absolute atomic E-state index is 0.640. The first-order valence-corrected chi connectivity index (χ1v) is 5.69. The lowest BCUT2D eigenvalue weighted by molar-refractivity contribution is 1.13. The average molecular weight is 239 g/mol. The Hall–Kier alpha value is -2.43. The molecule has 2 heterocycles. The maximum absolute atomic E-state index is 4.47. The van der Waals surface area contributed by atoms with E-state index in [2.05, 4.69) is 30.9 Å². The zero-order valence-electron chi connectivity index (χ0n) is 10.3. The Morgan fingerprint density at radius 1 is 1.06 bits per heavy atom. The van der Waals surface area contributed by atoms with E-state index in [0.29, 0.717) is 11.3 Å². The SMILES string of the molecule is CN(C)c1ccccc1-c1nc2nccnc2[nH]1. The maximum atomic E-state index is 4.47. The number of para-hydroxylation sites is 1. The van der Waals surface area contributed by atoms with Crippen molar-refractivity contribution in [1.82, 2.24) is 19.9 Å². The van der Waals surface area contributed by atoms with Crippen LogP contribution in [-0.4, -0.2) is 34.0 Å². The Morgan fingerprint density at radius 2 is 1.83 bits per heavy atom. The van der Waals surface area contributed by atoms with Crippen LogP contribution in [0.3, 0.4) is 0 Å². The van der Waals surface area contributed by atoms with Crippen molar-refractivity contribution in [2.45, 2.75) is 0 Å². The molecule has 5 nitrogen and oxygen atoms in total. The number of benzene rings is 1. The molecule has 2 aromatic heterocycles. The highest BCUT2D eigenvalue weighted by Gasteiger charge is 2.11. The molecule has 0 bridgehead atoms. The minimum atomic E-state index is 0.640. The van der Waals surface area contributed by atoms with Crippen molar-refractivity contribution in [1.29, 1.82) is 0 Å². The first kappa shape index (κ1) is 10.7. The Labute approximate surface area is 105 Å². The molecule has 18 heavy (non-hydrogen) atoms. The van der Waals surface area contributed by atoms with Crippen molar-refractivity contribution < 1.29 is 0 Å². The molecular weight excluding hydrogens is 226 g/mol. The van der Waals surface area contributed by atoms with Gasteiger partial charge in [0.2, 0.25) is 0 Å². The molecule has 3 aromatic rings. The standard InChI is InChI=1S/C13H13N5/c1-18(2)10-6-4-3-5-9(10)11-16-12-13(17-11)15-8-7-14-12/h3-8H,1-2H3,(H,14,15,16,17). The van der Waals surface area contributed by atoms with Crippen molar-refractivity contribution in [3.8, 4) is 11.4 Å². The number of nitrogens with one attached hydrogen (secondary N) is 1. The minimum Gasteiger partial charge on any atom is -0.377 e. The van der Waals surface area contributed by atoms with Gasteiger partial charge < -0.3 is 9.88 Å². The zero-order chi connectivity index (χ0) is 12.5. The number of H-pyrrole nitrogens is 1. The zero-order valence-corrected chi connectivity index (χ0v) is 10.3. The van der Waals surface area contributed by atoms with E-state index in [9.17, 15) is 0 Å². The fourth-order valence-electron chi connectivity index (χ4n) is 1.94. The lowest BCUT2D eigenvalue weighted by Crippen LogP contribution is -2.09. The van der Waals surface area contributed by atoms with E-state index in [4.69, 9.17) is 0 Å². The highest BCUT2D eigenvalue weighted by atomic mass is 15.1. The van der Waals surface area contributed by atoms with Crippen molar-refractivity contribution in [3.63, 3.8) is 0 Å². The second kappa shape index (κ2) is 4.10. The summed E-state index contributed by atoms with van der Waals surface area (Å²) in [5, 5.41) is 0. The molecule has 0 aliphatic heterocycles. The highest BCUT2D eigenvalue weighted by Crippen LogP contribution is 2.28. The number of hydrogen-bond acceptors (Lipinski definition) is 4. The Kier molecular flexibility index (Phi) is 2.44. The summed E-state index contributed by atoms with van der Waals surface area (Å²) >= 11 is 0. The first-order chi connectivity index (χ1) is 8.75. The molecule has 0 aliphatic rings. The molecule has 1 aromatic carbocycles. The Morgan fingerprint density at radius 3 is 2.61 bits per heavy atom. The van der Waals surface area contributed by atoms with Crippen molar-refractivity contribution >= 4 is 17.0 Å². The van der Waals surface area contributed by atoms with Crippen LogP contribution in [0.2, 0.25) is 0 Å². The number of nitrogens with zero attached hydrogens (tertiary/aromatic N) is 4. The topological polar surface area (TPSA) is 57.7 Å². The van der Waals surface area contributed by atoms with Crippen LogP contribution in [0, 0.1) is 0 Å². The summed E-state index contributed by atoms with van der Waals surface area (Å²) in [5.41, 5.74) is 3.50. The van der Waals surface area contributed by atoms with Gasteiger partial charge in [0.1, 0.15) is 5.82 Å². The predicted octanol–water partition coefficient (Wildman–Crippen LogP) is 2.09. The average Bonchev–Trinajstić information content (AvgIpc) is 2.82. The molecule has 0 radical (unpaired) electrons. The number of anilines is 1. The van der Waals surface area contributed by atoms with E-state index >= 15 is 0 Å². The molecule has 0 fully saturated rings. The van der Waals surface area contributed by atoms with Gasteiger partial charge in [-0.1, -0.05) is 12.1 Å². The quantitative estimate of drug-likeness (QED) is 0.744. The molecule has 1 N–H and O–H groups in total. The van der Waals surface area contributed by atoms with Gasteiger partial charge in [0.25, 0.3) is 0 Å². The van der Waals surface area contributed by atoms with Crippen LogP contribution in [0.25, 0.3) is 22.7 Å².